The molecule has 0 atom stereocenters. The van der Waals surface area contributed by atoms with Gasteiger partial charge in [-0.05, 0) is 17.5 Å². The largest absolute Gasteiger partial charge is 0.306 e. The highest BCUT2D eigenvalue weighted by Gasteiger charge is 2.22. The van der Waals surface area contributed by atoms with Crippen molar-refractivity contribution in [3.8, 4) is 10.7 Å². The lowest BCUT2D eigenvalue weighted by Gasteiger charge is -2.27. The van der Waals surface area contributed by atoms with Crippen LogP contribution < -0.4 is 5.56 Å². The number of rotatable bonds is 3. The molecular weight excluding hydrogens is 325 g/mol. The van der Waals surface area contributed by atoms with Gasteiger partial charge in [0.15, 0.2) is 5.82 Å². The molecule has 0 saturated heterocycles. The van der Waals surface area contributed by atoms with E-state index in [2.05, 4.69) is 14.9 Å². The first-order valence-electron chi connectivity index (χ1n) is 7.82. The van der Waals surface area contributed by atoms with E-state index in [-0.39, 0.29) is 11.4 Å². The monoisotopic (exact) mass is 341 g/mol. The smallest absolute Gasteiger partial charge is 0.255 e. The molecule has 0 amide bonds. The molecule has 3 aromatic rings. The van der Waals surface area contributed by atoms with Gasteiger partial charge in [0.1, 0.15) is 5.82 Å². The summed E-state index contributed by atoms with van der Waals surface area (Å²) >= 11 is 1.55. The van der Waals surface area contributed by atoms with Crippen LogP contribution in [0.1, 0.15) is 16.8 Å². The molecular formula is C18H16FN3OS. The molecule has 0 aliphatic carbocycles. The van der Waals surface area contributed by atoms with Gasteiger partial charge in [-0.25, -0.2) is 9.37 Å². The summed E-state index contributed by atoms with van der Waals surface area (Å²) in [6, 6.07) is 10.7. The van der Waals surface area contributed by atoms with E-state index in [9.17, 15) is 9.18 Å². The number of aromatic nitrogens is 2. The first kappa shape index (κ1) is 15.2. The summed E-state index contributed by atoms with van der Waals surface area (Å²) in [5.41, 5.74) is 2.10. The summed E-state index contributed by atoms with van der Waals surface area (Å²) in [4.78, 5) is 23.0. The Hall–Kier alpha value is -2.31. The first-order chi connectivity index (χ1) is 11.7. The lowest BCUT2D eigenvalue weighted by atomic mass is 10.1. The molecule has 3 heterocycles. The van der Waals surface area contributed by atoms with Crippen LogP contribution in [0, 0.1) is 5.82 Å². The van der Waals surface area contributed by atoms with E-state index in [1.165, 1.54) is 6.07 Å². The van der Waals surface area contributed by atoms with Crippen molar-refractivity contribution in [1.82, 2.24) is 14.9 Å². The number of benzene rings is 1. The number of hydrogen-bond acceptors (Lipinski definition) is 4. The Labute approximate surface area is 142 Å². The van der Waals surface area contributed by atoms with E-state index < -0.39 is 0 Å². The molecule has 0 bridgehead atoms. The summed E-state index contributed by atoms with van der Waals surface area (Å²) in [5, 5.41) is 1.96. The number of H-pyrrole nitrogens is 1. The maximum atomic E-state index is 13.8. The van der Waals surface area contributed by atoms with Crippen LogP contribution in [0.2, 0.25) is 0 Å². The summed E-state index contributed by atoms with van der Waals surface area (Å²) in [7, 11) is 0. The molecule has 0 saturated carbocycles. The zero-order chi connectivity index (χ0) is 16.5. The molecule has 24 heavy (non-hydrogen) atoms. The third-order valence-electron chi connectivity index (χ3n) is 4.25. The number of nitrogens with zero attached hydrogens (tertiary/aromatic N) is 2. The minimum absolute atomic E-state index is 0.0957. The van der Waals surface area contributed by atoms with Crippen LogP contribution in [0.3, 0.4) is 0 Å². The van der Waals surface area contributed by atoms with Crippen molar-refractivity contribution < 1.29 is 4.39 Å². The molecule has 1 aromatic carbocycles. The fourth-order valence-electron chi connectivity index (χ4n) is 3.01. The second-order valence-corrected chi connectivity index (χ2v) is 6.82. The molecule has 4 rings (SSSR count). The molecule has 0 fully saturated rings. The highest BCUT2D eigenvalue weighted by atomic mass is 32.1. The van der Waals surface area contributed by atoms with E-state index in [1.807, 2.05) is 23.6 Å². The van der Waals surface area contributed by atoms with E-state index in [1.54, 1.807) is 23.5 Å². The number of hydrogen-bond donors (Lipinski definition) is 1. The van der Waals surface area contributed by atoms with Crippen LogP contribution in [0.4, 0.5) is 4.39 Å². The minimum Gasteiger partial charge on any atom is -0.306 e. The van der Waals surface area contributed by atoms with E-state index in [0.717, 1.165) is 17.1 Å². The molecule has 122 valence electrons. The summed E-state index contributed by atoms with van der Waals surface area (Å²) in [5.74, 6) is 0.430. The van der Waals surface area contributed by atoms with Gasteiger partial charge < -0.3 is 4.98 Å². The fourth-order valence-corrected chi connectivity index (χ4v) is 3.68. The molecule has 1 aliphatic rings. The van der Waals surface area contributed by atoms with Crippen LogP contribution in [0.25, 0.3) is 10.7 Å². The number of halogens is 1. The molecule has 0 radical (unpaired) electrons. The van der Waals surface area contributed by atoms with Gasteiger partial charge in [0.2, 0.25) is 0 Å². The second-order valence-electron chi connectivity index (χ2n) is 5.87. The van der Waals surface area contributed by atoms with Crippen LogP contribution in [0.5, 0.6) is 0 Å². The lowest BCUT2D eigenvalue weighted by Crippen LogP contribution is -2.35. The highest BCUT2D eigenvalue weighted by molar-refractivity contribution is 7.13. The minimum atomic E-state index is -0.205. The highest BCUT2D eigenvalue weighted by Crippen LogP contribution is 2.23. The van der Waals surface area contributed by atoms with Gasteiger partial charge in [-0.15, -0.1) is 11.3 Å². The molecule has 4 nitrogen and oxygen atoms in total. The Morgan fingerprint density at radius 2 is 2.12 bits per heavy atom. The fraction of sp³-hybridized carbons (Fsp3) is 0.222. The van der Waals surface area contributed by atoms with Crippen molar-refractivity contribution in [1.29, 1.82) is 0 Å². The SMILES string of the molecule is O=c1[nH]c(-c2cccs2)nc2c1CN(Cc1ccccc1F)CC2. The van der Waals surface area contributed by atoms with Gasteiger partial charge in [-0.1, -0.05) is 24.3 Å². The van der Waals surface area contributed by atoms with Crippen LogP contribution >= 0.6 is 11.3 Å². The zero-order valence-electron chi connectivity index (χ0n) is 13.0. The Morgan fingerprint density at radius 3 is 2.92 bits per heavy atom. The van der Waals surface area contributed by atoms with Crippen LogP contribution in [-0.4, -0.2) is 21.4 Å². The average molecular weight is 341 g/mol. The lowest BCUT2D eigenvalue weighted by molar-refractivity contribution is 0.238. The van der Waals surface area contributed by atoms with Gasteiger partial charge in [-0.2, -0.15) is 0 Å². The summed E-state index contributed by atoms with van der Waals surface area (Å²) in [6.45, 7) is 1.76. The third-order valence-corrected chi connectivity index (χ3v) is 5.13. The third kappa shape index (κ3) is 2.90. The molecule has 2 aromatic heterocycles. The normalized spacial score (nSPS) is 14.5. The van der Waals surface area contributed by atoms with Crippen LogP contribution in [0.15, 0.2) is 46.6 Å². The maximum absolute atomic E-state index is 13.8. The van der Waals surface area contributed by atoms with Gasteiger partial charge >= 0.3 is 0 Å². The quantitative estimate of drug-likeness (QED) is 0.796. The summed E-state index contributed by atoms with van der Waals surface area (Å²) < 4.78 is 13.8. The van der Waals surface area contributed by atoms with E-state index in [0.29, 0.717) is 36.5 Å². The number of nitrogens with one attached hydrogen (secondary N) is 1. The molecule has 0 spiro atoms. The maximum Gasteiger partial charge on any atom is 0.255 e. The molecule has 6 heteroatoms. The Kier molecular flexibility index (Phi) is 4.00. The standard InChI is InChI=1S/C18H16FN3OS/c19-14-5-2-1-4-12(14)10-22-8-7-15-13(11-22)18(23)21-17(20-15)16-6-3-9-24-16/h1-6,9H,7-8,10-11H2,(H,20,21,23). The number of aromatic amines is 1. The van der Waals surface area contributed by atoms with Gasteiger partial charge in [0, 0.05) is 31.6 Å². The predicted molar refractivity (Wildman–Crippen MR) is 92.4 cm³/mol. The Morgan fingerprint density at radius 1 is 1.25 bits per heavy atom. The molecule has 1 aliphatic heterocycles. The number of thiophene rings is 1. The van der Waals surface area contributed by atoms with Gasteiger partial charge in [0.25, 0.3) is 5.56 Å². The second kappa shape index (κ2) is 6.30. The molecule has 0 unspecified atom stereocenters. The van der Waals surface area contributed by atoms with Crippen molar-refractivity contribution in [3.63, 3.8) is 0 Å². The van der Waals surface area contributed by atoms with Crippen LogP contribution in [-0.2, 0) is 19.5 Å². The van der Waals surface area contributed by atoms with Gasteiger partial charge in [0.05, 0.1) is 16.1 Å². The van der Waals surface area contributed by atoms with Crippen molar-refractivity contribution in [2.45, 2.75) is 19.5 Å². The van der Waals surface area contributed by atoms with E-state index >= 15 is 0 Å². The zero-order valence-corrected chi connectivity index (χ0v) is 13.8. The van der Waals surface area contributed by atoms with Gasteiger partial charge in [-0.3, -0.25) is 9.69 Å². The van der Waals surface area contributed by atoms with Crippen molar-refractivity contribution >= 4 is 11.3 Å². The number of fused-ring (bicyclic) bond motifs is 1. The average Bonchev–Trinajstić information content (AvgIpc) is 3.12. The Bertz CT molecular complexity index is 920. The van der Waals surface area contributed by atoms with Crippen molar-refractivity contribution in [2.75, 3.05) is 6.54 Å². The topological polar surface area (TPSA) is 49.0 Å². The van der Waals surface area contributed by atoms with E-state index in [4.69, 9.17) is 0 Å². The Balaban J connectivity index is 1.60. The first-order valence-corrected chi connectivity index (χ1v) is 8.70. The molecule has 1 N–H and O–H groups in total. The van der Waals surface area contributed by atoms with Crippen molar-refractivity contribution in [3.05, 3.63) is 74.8 Å². The van der Waals surface area contributed by atoms with Crippen molar-refractivity contribution in [2.24, 2.45) is 0 Å². The predicted octanol–water partition coefficient (Wildman–Crippen LogP) is 3.20. The summed E-state index contributed by atoms with van der Waals surface area (Å²) in [6.07, 6.45) is 0.700.